The zero-order chi connectivity index (χ0) is 29.9. The van der Waals surface area contributed by atoms with Crippen molar-refractivity contribution in [3.8, 4) is 5.82 Å². The van der Waals surface area contributed by atoms with Gasteiger partial charge >= 0.3 is 6.18 Å². The van der Waals surface area contributed by atoms with Crippen LogP contribution in [0.3, 0.4) is 0 Å². The van der Waals surface area contributed by atoms with Crippen LogP contribution in [0.15, 0.2) is 53.8 Å². The van der Waals surface area contributed by atoms with E-state index in [-0.39, 0.29) is 51.8 Å². The molecule has 0 bridgehead atoms. The van der Waals surface area contributed by atoms with Crippen molar-refractivity contribution in [2.75, 3.05) is 5.32 Å². The molecule has 4 rings (SSSR count). The van der Waals surface area contributed by atoms with E-state index in [2.05, 4.69) is 37.6 Å². The largest absolute Gasteiger partial charge is 0.419 e. The van der Waals surface area contributed by atoms with E-state index in [1.807, 2.05) is 0 Å². The Hall–Kier alpha value is -3.53. The molecule has 3 N–H and O–H groups in total. The van der Waals surface area contributed by atoms with E-state index >= 15 is 0 Å². The summed E-state index contributed by atoms with van der Waals surface area (Å²) in [6, 6.07) is 6.81. The first kappa shape index (κ1) is 30.4. The smallest absolute Gasteiger partial charge is 0.379 e. The summed E-state index contributed by atoms with van der Waals surface area (Å²) in [5, 5.41) is 12.8. The van der Waals surface area contributed by atoms with E-state index < -0.39 is 27.9 Å². The van der Waals surface area contributed by atoms with Gasteiger partial charge in [-0.3, -0.25) is 14.6 Å². The number of aryl methyl sites for hydroxylation is 1. The van der Waals surface area contributed by atoms with Gasteiger partial charge in [-0.25, -0.2) is 14.1 Å². The highest BCUT2D eigenvalue weighted by atomic mass is 127. The summed E-state index contributed by atoms with van der Waals surface area (Å²) in [5.74, 6) is -1.71. The number of halogens is 6. The van der Waals surface area contributed by atoms with Crippen LogP contribution in [-0.2, 0) is 6.54 Å². The van der Waals surface area contributed by atoms with Crippen LogP contribution in [0.4, 0.5) is 23.2 Å². The number of aliphatic imine (C=N–C) groups is 1. The third-order valence-corrected chi connectivity index (χ3v) is 7.08. The Bertz CT molecular complexity index is 1520. The molecule has 1 unspecified atom stereocenters. The highest BCUT2D eigenvalue weighted by molar-refractivity contribution is 14.1. The van der Waals surface area contributed by atoms with Gasteiger partial charge < -0.3 is 16.0 Å². The number of hydrogen-bond acceptors (Lipinski definition) is 6. The SMILES string of the molecule is C=C(C=NC(I)C(F)(F)F)NCc1cc(C(=O)Nc2c(C)cc(F)cc2C(=O)NC2CC2)n(-c2ncccc2Cl)n1. The molecule has 1 aliphatic rings. The fourth-order valence-electron chi connectivity index (χ4n) is 3.62. The molecule has 0 aliphatic heterocycles. The number of hydrogen-bond donors (Lipinski definition) is 3. The van der Waals surface area contributed by atoms with Crippen LogP contribution < -0.4 is 16.0 Å². The van der Waals surface area contributed by atoms with Gasteiger partial charge in [0, 0.05) is 24.2 Å². The molecule has 1 aromatic carbocycles. The number of rotatable bonds is 10. The Morgan fingerprint density at radius 1 is 1.29 bits per heavy atom. The quantitative estimate of drug-likeness (QED) is 0.0848. The lowest BCUT2D eigenvalue weighted by Crippen LogP contribution is -2.28. The number of carbonyl (C=O) groups excluding carboxylic acids is 2. The van der Waals surface area contributed by atoms with E-state index in [4.69, 9.17) is 11.6 Å². The lowest BCUT2D eigenvalue weighted by atomic mass is 10.1. The molecule has 15 heteroatoms. The summed E-state index contributed by atoms with van der Waals surface area (Å²) in [6.07, 6.45) is -0.450. The van der Waals surface area contributed by atoms with Gasteiger partial charge in [-0.05, 0) is 78.3 Å². The summed E-state index contributed by atoms with van der Waals surface area (Å²) >= 11 is 7.47. The lowest BCUT2D eigenvalue weighted by Gasteiger charge is -2.15. The maximum absolute atomic E-state index is 14.2. The minimum Gasteiger partial charge on any atom is -0.379 e. The lowest BCUT2D eigenvalue weighted by molar-refractivity contribution is -0.123. The molecular weight excluding hydrogens is 681 g/mol. The third kappa shape index (κ3) is 7.81. The number of benzene rings is 1. The van der Waals surface area contributed by atoms with E-state index in [1.54, 1.807) is 19.1 Å². The molecule has 1 fully saturated rings. The average molecular weight is 704 g/mol. The van der Waals surface area contributed by atoms with Gasteiger partial charge in [-0.1, -0.05) is 18.2 Å². The molecule has 0 saturated heterocycles. The van der Waals surface area contributed by atoms with Crippen molar-refractivity contribution in [1.29, 1.82) is 0 Å². The van der Waals surface area contributed by atoms with Gasteiger partial charge in [-0.15, -0.1) is 0 Å². The van der Waals surface area contributed by atoms with Crippen molar-refractivity contribution >= 4 is 57.9 Å². The first-order chi connectivity index (χ1) is 19.3. The van der Waals surface area contributed by atoms with Crippen LogP contribution in [-0.4, -0.2) is 49.1 Å². The number of alkyl halides is 4. The number of anilines is 1. The normalized spacial score (nSPS) is 14.1. The number of pyridine rings is 1. The maximum Gasteiger partial charge on any atom is 0.419 e. The number of nitrogens with zero attached hydrogens (tertiary/aromatic N) is 4. The fraction of sp³-hybridized carbons (Fsp3) is 0.269. The molecule has 0 spiro atoms. The first-order valence-corrected chi connectivity index (χ1v) is 13.7. The van der Waals surface area contributed by atoms with Crippen LogP contribution >= 0.6 is 34.2 Å². The molecule has 1 aliphatic carbocycles. The van der Waals surface area contributed by atoms with Crippen LogP contribution in [0, 0.1) is 12.7 Å². The van der Waals surface area contributed by atoms with E-state index in [1.165, 1.54) is 23.0 Å². The number of carbonyl (C=O) groups is 2. The summed E-state index contributed by atoms with van der Waals surface area (Å²) in [4.78, 5) is 34.0. The molecule has 41 heavy (non-hydrogen) atoms. The van der Waals surface area contributed by atoms with Crippen molar-refractivity contribution in [1.82, 2.24) is 25.4 Å². The summed E-state index contributed by atoms with van der Waals surface area (Å²) < 4.78 is 51.6. The Morgan fingerprint density at radius 2 is 2.02 bits per heavy atom. The van der Waals surface area contributed by atoms with Crippen molar-refractivity contribution in [3.63, 3.8) is 0 Å². The average Bonchev–Trinajstić information content (AvgIpc) is 3.62. The van der Waals surface area contributed by atoms with Gasteiger partial charge in [0.2, 0.25) is 0 Å². The summed E-state index contributed by atoms with van der Waals surface area (Å²) in [6.45, 7) is 5.16. The van der Waals surface area contributed by atoms with E-state index in [0.29, 0.717) is 5.56 Å². The highest BCUT2D eigenvalue weighted by Gasteiger charge is 2.37. The standard InChI is InChI=1S/C26H23ClF4IN7O2/c1-13-8-15(28)9-18(23(40)36-16-5-6-16)21(13)37-24(41)20-10-17(38-39(20)22-19(27)4-3-7-33-22)12-34-14(2)11-35-25(32)26(29,30)31/h3-4,7-11,16,25,34H,2,5-6,12H2,1H3,(H,36,40)(H,37,41). The zero-order valence-corrected chi connectivity index (χ0v) is 24.3. The molecule has 1 saturated carbocycles. The van der Waals surface area contributed by atoms with Gasteiger partial charge in [0.25, 0.3) is 11.8 Å². The van der Waals surface area contributed by atoms with Gasteiger partial charge in [0.1, 0.15) is 11.5 Å². The molecule has 0 radical (unpaired) electrons. The second-order valence-electron chi connectivity index (χ2n) is 9.12. The predicted molar refractivity (Wildman–Crippen MR) is 154 cm³/mol. The van der Waals surface area contributed by atoms with Crippen molar-refractivity contribution in [2.24, 2.45) is 4.99 Å². The minimum atomic E-state index is -4.50. The second-order valence-corrected chi connectivity index (χ2v) is 10.7. The predicted octanol–water partition coefficient (Wildman–Crippen LogP) is 5.51. The van der Waals surface area contributed by atoms with Crippen LogP contribution in [0.2, 0.25) is 5.02 Å². The van der Waals surface area contributed by atoms with E-state index in [0.717, 1.165) is 47.7 Å². The van der Waals surface area contributed by atoms with E-state index in [9.17, 15) is 27.2 Å². The molecule has 2 heterocycles. The Balaban J connectivity index is 1.61. The van der Waals surface area contributed by atoms with Gasteiger partial charge in [-0.2, -0.15) is 18.3 Å². The summed E-state index contributed by atoms with van der Waals surface area (Å²) in [7, 11) is 0. The molecule has 1 atom stereocenters. The van der Waals surface area contributed by atoms with Gasteiger partial charge in [0.05, 0.1) is 28.5 Å². The zero-order valence-electron chi connectivity index (χ0n) is 21.4. The van der Waals surface area contributed by atoms with Crippen molar-refractivity contribution in [2.45, 2.75) is 42.6 Å². The molecule has 2 aromatic heterocycles. The first-order valence-electron chi connectivity index (χ1n) is 12.1. The maximum atomic E-state index is 14.2. The van der Waals surface area contributed by atoms with Gasteiger partial charge in [0.15, 0.2) is 9.87 Å². The highest BCUT2D eigenvalue weighted by Crippen LogP contribution is 2.28. The minimum absolute atomic E-state index is 0.00781. The number of amides is 2. The topological polar surface area (TPSA) is 113 Å². The fourth-order valence-corrected chi connectivity index (χ4v) is 3.98. The number of nitrogens with one attached hydrogen (secondary N) is 3. The summed E-state index contributed by atoms with van der Waals surface area (Å²) in [5.41, 5.74) is 0.761. The molecular formula is C26H23ClF4IN7O2. The monoisotopic (exact) mass is 703 g/mol. The number of aromatic nitrogens is 3. The Labute approximate surface area is 250 Å². The van der Waals surface area contributed by atoms with Crippen molar-refractivity contribution < 1.29 is 27.2 Å². The second kappa shape index (κ2) is 12.5. The molecule has 9 nitrogen and oxygen atoms in total. The molecule has 216 valence electrons. The number of allylic oxidation sites excluding steroid dienone is 1. The Morgan fingerprint density at radius 3 is 2.68 bits per heavy atom. The molecule has 3 aromatic rings. The van der Waals surface area contributed by atoms with Crippen molar-refractivity contribution in [3.05, 3.63) is 82.2 Å². The van der Waals surface area contributed by atoms with Crippen LogP contribution in [0.1, 0.15) is 44.9 Å². The Kier molecular flexibility index (Phi) is 9.31. The third-order valence-electron chi connectivity index (χ3n) is 5.76. The van der Waals surface area contributed by atoms with Crippen LogP contribution in [0.5, 0.6) is 0 Å². The van der Waals surface area contributed by atoms with Crippen LogP contribution in [0.25, 0.3) is 5.82 Å². The molecule has 2 amide bonds.